The van der Waals surface area contributed by atoms with Crippen molar-refractivity contribution in [2.24, 2.45) is 17.8 Å². The molecule has 1 saturated carbocycles. The largest absolute Gasteiger partial charge is 0.481 e. The molecule has 0 radical (unpaired) electrons. The Kier molecular flexibility index (Phi) is 15.8. The lowest BCUT2D eigenvalue weighted by Gasteiger charge is -2.39. The van der Waals surface area contributed by atoms with E-state index in [4.69, 9.17) is 4.74 Å². The zero-order valence-corrected chi connectivity index (χ0v) is 33.1. The third kappa shape index (κ3) is 11.1. The average Bonchev–Trinajstić information content (AvgIpc) is 3.80. The average molecular weight is 742 g/mol. The van der Waals surface area contributed by atoms with Crippen molar-refractivity contribution in [3.8, 4) is 0 Å². The topological polar surface area (TPSA) is 158 Å². The van der Waals surface area contributed by atoms with Crippen molar-refractivity contribution >= 4 is 41.0 Å². The molecule has 1 aliphatic carbocycles. The highest BCUT2D eigenvalue weighted by Crippen LogP contribution is 2.35. The van der Waals surface area contributed by atoms with Crippen molar-refractivity contribution in [3.63, 3.8) is 0 Å². The molecule has 0 aliphatic heterocycles. The predicted octanol–water partition coefficient (Wildman–Crippen LogP) is 5.48. The molecule has 3 amide bonds. The van der Waals surface area contributed by atoms with Gasteiger partial charge in [0, 0.05) is 37.9 Å². The van der Waals surface area contributed by atoms with Gasteiger partial charge in [-0.15, -0.1) is 11.3 Å². The fourth-order valence-electron chi connectivity index (χ4n) is 7.09. The number of nitrogens with one attached hydrogen (secondary N) is 2. The highest BCUT2D eigenvalue weighted by Gasteiger charge is 2.45. The molecular formula is C39H59N5O7S. The summed E-state index contributed by atoms with van der Waals surface area (Å²) in [5, 5.41) is 17.7. The second-order valence-electron chi connectivity index (χ2n) is 15.0. The van der Waals surface area contributed by atoms with Crippen LogP contribution in [-0.2, 0) is 30.3 Å². The van der Waals surface area contributed by atoms with Crippen LogP contribution in [0.4, 0.5) is 0 Å². The van der Waals surface area contributed by atoms with Gasteiger partial charge in [0.15, 0.2) is 6.10 Å². The van der Waals surface area contributed by atoms with Crippen molar-refractivity contribution in [1.29, 1.82) is 0 Å². The van der Waals surface area contributed by atoms with E-state index >= 15 is 0 Å². The molecule has 52 heavy (non-hydrogen) atoms. The van der Waals surface area contributed by atoms with Crippen LogP contribution >= 0.6 is 11.3 Å². The van der Waals surface area contributed by atoms with Gasteiger partial charge >= 0.3 is 11.9 Å². The molecule has 3 N–H and O–H groups in total. The number of aromatic nitrogens is 1. The van der Waals surface area contributed by atoms with Crippen molar-refractivity contribution in [3.05, 3.63) is 52.0 Å². The van der Waals surface area contributed by atoms with Crippen LogP contribution < -0.4 is 10.6 Å². The highest BCUT2D eigenvalue weighted by atomic mass is 32.1. The Hall–Kier alpha value is -3.84. The minimum Gasteiger partial charge on any atom is -0.481 e. The van der Waals surface area contributed by atoms with Gasteiger partial charge in [0.1, 0.15) is 16.7 Å². The molecular weight excluding hydrogens is 683 g/mol. The van der Waals surface area contributed by atoms with Gasteiger partial charge < -0.3 is 25.4 Å². The van der Waals surface area contributed by atoms with Crippen molar-refractivity contribution < 1.29 is 33.8 Å². The van der Waals surface area contributed by atoms with Crippen LogP contribution in [0, 0.1) is 17.8 Å². The Morgan fingerprint density at radius 3 is 2.15 bits per heavy atom. The molecule has 12 nitrogen and oxygen atoms in total. The van der Waals surface area contributed by atoms with Gasteiger partial charge in [-0.3, -0.25) is 28.9 Å². The van der Waals surface area contributed by atoms with Gasteiger partial charge in [0.2, 0.25) is 11.8 Å². The van der Waals surface area contributed by atoms with E-state index in [9.17, 15) is 29.1 Å². The predicted molar refractivity (Wildman–Crippen MR) is 202 cm³/mol. The quantitative estimate of drug-likeness (QED) is 0.159. The normalized spacial score (nSPS) is 17.4. The van der Waals surface area contributed by atoms with Crippen LogP contribution in [0.5, 0.6) is 0 Å². The molecule has 0 saturated heterocycles. The number of esters is 1. The fourth-order valence-corrected chi connectivity index (χ4v) is 7.93. The first-order valence-electron chi connectivity index (χ1n) is 18.5. The first-order chi connectivity index (χ1) is 24.5. The summed E-state index contributed by atoms with van der Waals surface area (Å²) in [6, 6.07) is 7.94. The lowest BCUT2D eigenvalue weighted by atomic mass is 9.90. The number of thiazole rings is 1. The number of benzene rings is 1. The number of carboxylic acids is 1. The molecule has 288 valence electrons. The number of carbonyl (C=O) groups is 5. The number of aliphatic carboxylic acids is 1. The summed E-state index contributed by atoms with van der Waals surface area (Å²) >= 11 is 1.18. The van der Waals surface area contributed by atoms with Crippen LogP contribution in [0.3, 0.4) is 0 Å². The Morgan fingerprint density at radius 2 is 1.62 bits per heavy atom. The monoisotopic (exact) mass is 741 g/mol. The first-order valence-corrected chi connectivity index (χ1v) is 19.3. The number of ether oxygens (including phenoxy) is 1. The van der Waals surface area contributed by atoms with Crippen LogP contribution in [0.15, 0.2) is 35.7 Å². The Balaban J connectivity index is 1.83. The molecule has 1 heterocycles. The summed E-state index contributed by atoms with van der Waals surface area (Å²) in [4.78, 5) is 73.8. The zero-order valence-electron chi connectivity index (χ0n) is 32.3. The van der Waals surface area contributed by atoms with Gasteiger partial charge in [0.25, 0.3) is 5.91 Å². The SMILES string of the molecule is CCC(C)C(NC(=O)C1(N(C)C)CCCC1)C(=O)N(C)C(CC(OC(C)=O)c1nc(C(=O)NC(Cc2ccccc2)CC(C)C(=O)O)cs1)C(C)C. The summed E-state index contributed by atoms with van der Waals surface area (Å²) < 4.78 is 5.78. The molecule has 2 aromatic rings. The van der Waals surface area contributed by atoms with Gasteiger partial charge in [-0.2, -0.15) is 0 Å². The molecule has 1 aromatic heterocycles. The number of amides is 3. The maximum atomic E-state index is 14.3. The Bertz CT molecular complexity index is 1510. The van der Waals surface area contributed by atoms with E-state index in [1.807, 2.05) is 77.0 Å². The van der Waals surface area contributed by atoms with E-state index in [1.54, 1.807) is 24.3 Å². The van der Waals surface area contributed by atoms with E-state index in [0.29, 0.717) is 17.8 Å². The van der Waals surface area contributed by atoms with Gasteiger partial charge in [0.05, 0.1) is 11.5 Å². The van der Waals surface area contributed by atoms with Gasteiger partial charge in [-0.25, -0.2) is 4.98 Å². The lowest BCUT2D eigenvalue weighted by Crippen LogP contribution is -2.61. The van der Waals surface area contributed by atoms with E-state index in [1.165, 1.54) is 18.3 Å². The number of carboxylic acid groups (broad SMARTS) is 1. The van der Waals surface area contributed by atoms with Crippen molar-refractivity contribution in [2.45, 2.75) is 123 Å². The molecule has 0 bridgehead atoms. The number of likely N-dealkylation sites (N-methyl/N-ethyl adjacent to an activating group) is 2. The van der Waals surface area contributed by atoms with Gasteiger partial charge in [-0.05, 0) is 57.2 Å². The third-order valence-corrected chi connectivity index (χ3v) is 11.5. The summed E-state index contributed by atoms with van der Waals surface area (Å²) in [5.74, 6) is -3.12. The summed E-state index contributed by atoms with van der Waals surface area (Å²) in [6.45, 7) is 10.9. The van der Waals surface area contributed by atoms with E-state index < -0.39 is 53.5 Å². The highest BCUT2D eigenvalue weighted by molar-refractivity contribution is 7.09. The van der Waals surface area contributed by atoms with Crippen LogP contribution in [-0.4, -0.2) is 94.4 Å². The van der Waals surface area contributed by atoms with E-state index in [0.717, 1.165) is 31.2 Å². The van der Waals surface area contributed by atoms with Crippen molar-refractivity contribution in [1.82, 2.24) is 25.4 Å². The number of carbonyl (C=O) groups excluding carboxylic acids is 4. The lowest BCUT2D eigenvalue weighted by molar-refractivity contribution is -0.149. The fraction of sp³-hybridized carbons (Fsp3) is 0.641. The Labute approximate surface area is 313 Å². The second kappa shape index (κ2) is 19.3. The molecule has 0 spiro atoms. The van der Waals surface area contributed by atoms with Crippen LogP contribution in [0.25, 0.3) is 0 Å². The minimum absolute atomic E-state index is 0.0547. The van der Waals surface area contributed by atoms with E-state index in [2.05, 4.69) is 15.6 Å². The van der Waals surface area contributed by atoms with Gasteiger partial charge in [-0.1, -0.05) is 84.2 Å². The molecule has 1 fully saturated rings. The number of hydrogen-bond acceptors (Lipinski definition) is 9. The number of rotatable bonds is 19. The molecule has 6 unspecified atom stereocenters. The Morgan fingerprint density at radius 1 is 0.981 bits per heavy atom. The maximum Gasteiger partial charge on any atom is 0.306 e. The summed E-state index contributed by atoms with van der Waals surface area (Å²) in [7, 11) is 5.55. The second-order valence-corrected chi connectivity index (χ2v) is 15.9. The maximum absolute atomic E-state index is 14.3. The number of nitrogens with zero attached hydrogens (tertiary/aromatic N) is 3. The first kappa shape index (κ1) is 42.6. The summed E-state index contributed by atoms with van der Waals surface area (Å²) in [5.41, 5.74) is 0.446. The standard InChI is InChI=1S/C39H59N5O7S/c1-10-25(4)33(42-38(50)39(43(7)8)18-14-15-19-39)36(47)44(9)31(24(2)3)22-32(51-27(6)45)35-41-30(23-52-35)34(46)40-29(20-26(5)37(48)49)21-28-16-12-11-13-17-28/h11-13,16-17,23-26,29,31-33H,10,14-15,18-22H2,1-9H3,(H,40,46)(H,42,50)(H,48,49). The molecule has 13 heteroatoms. The third-order valence-electron chi connectivity index (χ3n) is 10.6. The number of hydrogen-bond donors (Lipinski definition) is 3. The minimum atomic E-state index is -0.945. The molecule has 1 aromatic carbocycles. The molecule has 6 atom stereocenters. The zero-order chi connectivity index (χ0) is 38.7. The summed E-state index contributed by atoms with van der Waals surface area (Å²) in [6.07, 6.45) is 4.14. The van der Waals surface area contributed by atoms with Crippen LogP contribution in [0.2, 0.25) is 0 Å². The molecule has 1 aliphatic rings. The van der Waals surface area contributed by atoms with E-state index in [-0.39, 0.29) is 42.2 Å². The van der Waals surface area contributed by atoms with Crippen molar-refractivity contribution in [2.75, 3.05) is 21.1 Å². The van der Waals surface area contributed by atoms with Crippen LogP contribution in [0.1, 0.15) is 114 Å². The smallest absolute Gasteiger partial charge is 0.306 e. The molecule has 3 rings (SSSR count).